The number of imide groups is 2. The number of fused-ring (bicyclic) bond motifs is 1. The third kappa shape index (κ3) is 4.60. The molecule has 4 amide bonds. The van der Waals surface area contributed by atoms with Crippen LogP contribution in [0.4, 0.5) is 16.2 Å². The summed E-state index contributed by atoms with van der Waals surface area (Å²) in [6.45, 7) is 9.37. The Morgan fingerprint density at radius 3 is 2.29 bits per heavy atom. The van der Waals surface area contributed by atoms with Crippen molar-refractivity contribution in [2.45, 2.75) is 39.7 Å². The highest BCUT2D eigenvalue weighted by Crippen LogP contribution is 2.43. The molecule has 1 saturated heterocycles. The Balaban J connectivity index is 1.83. The van der Waals surface area contributed by atoms with Gasteiger partial charge in [-0.3, -0.25) is 14.9 Å². The Kier molecular flexibility index (Phi) is 7.22. The molecule has 2 aromatic carbocycles. The Morgan fingerprint density at radius 2 is 1.66 bits per heavy atom. The molecule has 2 aromatic rings. The van der Waals surface area contributed by atoms with Crippen LogP contribution < -0.4 is 29.3 Å². The van der Waals surface area contributed by atoms with Gasteiger partial charge in [0, 0.05) is 35.5 Å². The number of urea groups is 1. The number of hydrogen-bond donors (Lipinski definition) is 1. The van der Waals surface area contributed by atoms with Gasteiger partial charge in [-0.2, -0.15) is 0 Å². The average Bonchev–Trinajstić information content (AvgIpc) is 2.88. The minimum atomic E-state index is -0.866. The summed E-state index contributed by atoms with van der Waals surface area (Å²) in [5.74, 6) is -0.321. The molecule has 2 aliphatic heterocycles. The van der Waals surface area contributed by atoms with E-state index < -0.39 is 17.8 Å². The Labute approximate surface area is 222 Å². The molecule has 0 aromatic heterocycles. The quantitative estimate of drug-likeness (QED) is 0.415. The van der Waals surface area contributed by atoms with E-state index in [-0.39, 0.29) is 22.5 Å². The summed E-state index contributed by atoms with van der Waals surface area (Å²) in [7, 11) is 4.47. The molecule has 200 valence electrons. The third-order valence-electron chi connectivity index (χ3n) is 6.81. The zero-order valence-corrected chi connectivity index (χ0v) is 22.8. The second-order valence-corrected chi connectivity index (χ2v) is 9.74. The highest BCUT2D eigenvalue weighted by Gasteiger charge is 2.39. The van der Waals surface area contributed by atoms with E-state index >= 15 is 0 Å². The molecule has 9 heteroatoms. The zero-order valence-electron chi connectivity index (χ0n) is 22.8. The number of ether oxygens (including phenoxy) is 3. The number of allylic oxidation sites excluding steroid dienone is 1. The van der Waals surface area contributed by atoms with Crippen molar-refractivity contribution in [1.82, 2.24) is 5.32 Å². The maximum atomic E-state index is 13.6. The van der Waals surface area contributed by atoms with Gasteiger partial charge in [-0.05, 0) is 57.0 Å². The van der Waals surface area contributed by atoms with Gasteiger partial charge in [0.15, 0.2) is 0 Å². The highest BCUT2D eigenvalue weighted by atomic mass is 16.5. The van der Waals surface area contributed by atoms with E-state index in [4.69, 9.17) is 14.2 Å². The number of hydrogen-bond acceptors (Lipinski definition) is 7. The third-order valence-corrected chi connectivity index (χ3v) is 6.81. The first-order valence-electron chi connectivity index (χ1n) is 12.4. The van der Waals surface area contributed by atoms with E-state index in [1.165, 1.54) is 26.4 Å². The van der Waals surface area contributed by atoms with Gasteiger partial charge < -0.3 is 19.1 Å². The standard InChI is InChI=1S/C29H33N3O6/c1-8-11-31-23-15-24(37-6)18(12-20(23)17(2)16-29(31,3)4)13-21-26(33)30-28(35)32(27(21)34)22-10-9-19(36-5)14-25(22)38-7/h9-10,12-16H,8,11H2,1-7H3,(H,30,33,35)/b21-13-. The van der Waals surface area contributed by atoms with Crippen LogP contribution in [0.3, 0.4) is 0 Å². The van der Waals surface area contributed by atoms with Gasteiger partial charge in [0.2, 0.25) is 0 Å². The van der Waals surface area contributed by atoms with E-state index in [2.05, 4.69) is 37.1 Å². The molecular formula is C29H33N3O6. The fourth-order valence-electron chi connectivity index (χ4n) is 5.04. The minimum Gasteiger partial charge on any atom is -0.497 e. The first-order valence-corrected chi connectivity index (χ1v) is 12.4. The molecule has 4 rings (SSSR count). The van der Waals surface area contributed by atoms with Gasteiger partial charge in [-0.15, -0.1) is 0 Å². The molecule has 2 heterocycles. The first-order chi connectivity index (χ1) is 18.1. The van der Waals surface area contributed by atoms with Crippen molar-refractivity contribution >= 4 is 40.9 Å². The summed E-state index contributed by atoms with van der Waals surface area (Å²) >= 11 is 0. The average molecular weight is 520 g/mol. The van der Waals surface area contributed by atoms with Gasteiger partial charge in [0.1, 0.15) is 22.8 Å². The predicted octanol–water partition coefficient (Wildman–Crippen LogP) is 4.79. The maximum absolute atomic E-state index is 13.6. The monoisotopic (exact) mass is 519 g/mol. The topological polar surface area (TPSA) is 97.4 Å². The predicted molar refractivity (Wildman–Crippen MR) is 147 cm³/mol. The zero-order chi connectivity index (χ0) is 27.8. The molecule has 0 bridgehead atoms. The molecule has 0 radical (unpaired) electrons. The number of benzene rings is 2. The number of barbiturate groups is 1. The van der Waals surface area contributed by atoms with E-state index in [0.29, 0.717) is 17.1 Å². The van der Waals surface area contributed by atoms with Crippen LogP contribution in [0.2, 0.25) is 0 Å². The van der Waals surface area contributed by atoms with Crippen LogP contribution in [-0.2, 0) is 9.59 Å². The lowest BCUT2D eigenvalue weighted by Crippen LogP contribution is -2.54. The fraction of sp³-hybridized carbons (Fsp3) is 0.345. The number of nitrogens with zero attached hydrogens (tertiary/aromatic N) is 2. The van der Waals surface area contributed by atoms with E-state index in [1.54, 1.807) is 19.2 Å². The van der Waals surface area contributed by atoms with Gasteiger partial charge in [-0.25, -0.2) is 9.69 Å². The van der Waals surface area contributed by atoms with Crippen molar-refractivity contribution in [3.05, 3.63) is 53.1 Å². The van der Waals surface area contributed by atoms with Gasteiger partial charge >= 0.3 is 6.03 Å². The van der Waals surface area contributed by atoms with E-state index in [0.717, 1.165) is 34.7 Å². The number of methoxy groups -OCH3 is 3. The lowest BCUT2D eigenvalue weighted by Gasteiger charge is -2.43. The molecule has 2 aliphatic rings. The van der Waals surface area contributed by atoms with Crippen molar-refractivity contribution in [2.75, 3.05) is 37.7 Å². The minimum absolute atomic E-state index is 0.183. The van der Waals surface area contributed by atoms with Crippen molar-refractivity contribution in [1.29, 1.82) is 0 Å². The first kappa shape index (κ1) is 26.8. The molecule has 0 unspecified atom stereocenters. The van der Waals surface area contributed by atoms with E-state index in [9.17, 15) is 14.4 Å². The number of amides is 4. The van der Waals surface area contributed by atoms with Crippen LogP contribution in [0.5, 0.6) is 17.2 Å². The summed E-state index contributed by atoms with van der Waals surface area (Å²) in [5.41, 5.74) is 3.43. The Hall–Kier alpha value is -4.27. The number of carbonyl (C=O) groups excluding carboxylic acids is 3. The lowest BCUT2D eigenvalue weighted by molar-refractivity contribution is -0.122. The highest BCUT2D eigenvalue weighted by molar-refractivity contribution is 6.39. The summed E-state index contributed by atoms with van der Waals surface area (Å²) in [6, 6.07) is 7.68. The molecule has 1 N–H and O–H groups in total. The molecular weight excluding hydrogens is 486 g/mol. The molecule has 0 spiro atoms. The SMILES string of the molecule is CCCN1c2cc(OC)c(/C=C3/C(=O)NC(=O)N(c4ccc(OC)cc4OC)C3=O)cc2C(C)=CC1(C)C. The summed E-state index contributed by atoms with van der Waals surface area (Å²) in [6.07, 6.45) is 4.64. The molecule has 0 saturated carbocycles. The molecule has 0 atom stereocenters. The van der Waals surface area contributed by atoms with Crippen LogP contribution in [0.25, 0.3) is 11.6 Å². The largest absolute Gasteiger partial charge is 0.497 e. The molecule has 38 heavy (non-hydrogen) atoms. The van der Waals surface area contributed by atoms with Crippen LogP contribution in [0, 0.1) is 0 Å². The smallest absolute Gasteiger partial charge is 0.336 e. The van der Waals surface area contributed by atoms with Crippen molar-refractivity contribution < 1.29 is 28.6 Å². The van der Waals surface area contributed by atoms with E-state index in [1.807, 2.05) is 19.1 Å². The Bertz CT molecular complexity index is 1370. The number of nitrogens with one attached hydrogen (secondary N) is 1. The maximum Gasteiger partial charge on any atom is 0.336 e. The molecule has 1 fully saturated rings. The van der Waals surface area contributed by atoms with Crippen LogP contribution in [-0.4, -0.2) is 51.3 Å². The van der Waals surface area contributed by atoms with Crippen LogP contribution >= 0.6 is 0 Å². The van der Waals surface area contributed by atoms with Crippen molar-refractivity contribution in [2.24, 2.45) is 0 Å². The normalized spacial score (nSPS) is 17.7. The van der Waals surface area contributed by atoms with Gasteiger partial charge in [0.05, 0.1) is 32.6 Å². The van der Waals surface area contributed by atoms with Crippen LogP contribution in [0.15, 0.2) is 42.0 Å². The second kappa shape index (κ2) is 10.2. The fourth-order valence-corrected chi connectivity index (χ4v) is 5.04. The second-order valence-electron chi connectivity index (χ2n) is 9.74. The van der Waals surface area contributed by atoms with Crippen molar-refractivity contribution in [3.8, 4) is 17.2 Å². The van der Waals surface area contributed by atoms with Crippen LogP contribution in [0.1, 0.15) is 45.2 Å². The number of rotatable bonds is 7. The summed E-state index contributed by atoms with van der Waals surface area (Å²) in [5, 5.41) is 2.26. The molecule has 9 nitrogen and oxygen atoms in total. The molecule has 0 aliphatic carbocycles. The summed E-state index contributed by atoms with van der Waals surface area (Å²) in [4.78, 5) is 42.4. The van der Waals surface area contributed by atoms with Gasteiger partial charge in [-0.1, -0.05) is 13.0 Å². The number of anilines is 2. The number of carbonyl (C=O) groups is 3. The Morgan fingerprint density at radius 1 is 0.947 bits per heavy atom. The van der Waals surface area contributed by atoms with Gasteiger partial charge in [0.25, 0.3) is 11.8 Å². The lowest BCUT2D eigenvalue weighted by atomic mass is 9.87. The summed E-state index contributed by atoms with van der Waals surface area (Å²) < 4.78 is 16.3. The van der Waals surface area contributed by atoms with Crippen molar-refractivity contribution in [3.63, 3.8) is 0 Å².